The summed E-state index contributed by atoms with van der Waals surface area (Å²) in [4.78, 5) is 14.8. The maximum Gasteiger partial charge on any atom is 0.235 e. The summed E-state index contributed by atoms with van der Waals surface area (Å²) in [7, 11) is 0. The Kier molecular flexibility index (Phi) is 3.52. The van der Waals surface area contributed by atoms with Gasteiger partial charge in [0.25, 0.3) is 0 Å². The molecule has 19 heavy (non-hydrogen) atoms. The third-order valence-corrected chi connectivity index (χ3v) is 4.94. The van der Waals surface area contributed by atoms with Gasteiger partial charge < -0.3 is 0 Å². The number of aliphatic imine (C=N–C) groups is 1. The largest absolute Gasteiger partial charge is 0.235 e. The van der Waals surface area contributed by atoms with Crippen LogP contribution in [0.4, 0.5) is 0 Å². The van der Waals surface area contributed by atoms with Crippen LogP contribution in [-0.4, -0.2) is 6.08 Å². The summed E-state index contributed by atoms with van der Waals surface area (Å²) in [5, 5.41) is 0. The van der Waals surface area contributed by atoms with Crippen molar-refractivity contribution in [3.63, 3.8) is 0 Å². The lowest BCUT2D eigenvalue weighted by molar-refractivity contribution is 0.255. The zero-order valence-corrected chi connectivity index (χ0v) is 11.4. The molecule has 1 aromatic rings. The summed E-state index contributed by atoms with van der Waals surface area (Å²) < 4.78 is 0. The first-order chi connectivity index (χ1) is 9.34. The lowest BCUT2D eigenvalue weighted by Gasteiger charge is -2.37. The van der Waals surface area contributed by atoms with E-state index in [1.807, 2.05) is 0 Å². The fourth-order valence-electron chi connectivity index (χ4n) is 3.58. The number of hydrogen-bond acceptors (Lipinski definition) is 2. The molecule has 0 amide bonds. The van der Waals surface area contributed by atoms with Crippen LogP contribution in [0.15, 0.2) is 29.3 Å². The number of rotatable bonds is 3. The van der Waals surface area contributed by atoms with E-state index in [1.54, 1.807) is 6.08 Å². The van der Waals surface area contributed by atoms with Crippen molar-refractivity contribution < 1.29 is 4.79 Å². The molecule has 2 aliphatic rings. The van der Waals surface area contributed by atoms with Crippen LogP contribution in [0.3, 0.4) is 0 Å². The van der Waals surface area contributed by atoms with E-state index in [-0.39, 0.29) is 5.54 Å². The lowest BCUT2D eigenvalue weighted by atomic mass is 9.71. The maximum absolute atomic E-state index is 10.7. The average Bonchev–Trinajstić information content (AvgIpc) is 2.44. The van der Waals surface area contributed by atoms with E-state index >= 15 is 0 Å². The van der Waals surface area contributed by atoms with Gasteiger partial charge in [0.05, 0.1) is 5.54 Å². The molecule has 0 spiro atoms. The van der Waals surface area contributed by atoms with Gasteiger partial charge in [0, 0.05) is 0 Å². The van der Waals surface area contributed by atoms with Crippen molar-refractivity contribution in [1.82, 2.24) is 0 Å². The van der Waals surface area contributed by atoms with E-state index in [0.717, 1.165) is 12.8 Å². The van der Waals surface area contributed by atoms with Gasteiger partial charge in [-0.1, -0.05) is 43.5 Å². The van der Waals surface area contributed by atoms with Crippen LogP contribution in [0.25, 0.3) is 0 Å². The molecule has 0 bridgehead atoms. The van der Waals surface area contributed by atoms with Crippen molar-refractivity contribution >= 4 is 6.08 Å². The van der Waals surface area contributed by atoms with Crippen molar-refractivity contribution in [3.05, 3.63) is 35.4 Å². The molecule has 1 aromatic carbocycles. The van der Waals surface area contributed by atoms with E-state index in [2.05, 4.69) is 29.3 Å². The molecule has 2 heteroatoms. The van der Waals surface area contributed by atoms with Crippen molar-refractivity contribution in [1.29, 1.82) is 0 Å². The second-order valence-corrected chi connectivity index (χ2v) is 6.05. The Balaban J connectivity index is 1.88. The number of benzene rings is 1. The summed E-state index contributed by atoms with van der Waals surface area (Å²) in [6, 6.07) is 8.82. The Morgan fingerprint density at radius 2 is 1.89 bits per heavy atom. The van der Waals surface area contributed by atoms with Gasteiger partial charge in [-0.05, 0) is 49.1 Å². The van der Waals surface area contributed by atoms with E-state index in [0.29, 0.717) is 5.92 Å². The molecule has 2 fully saturated rings. The summed E-state index contributed by atoms with van der Waals surface area (Å²) >= 11 is 0. The first-order valence-electron chi connectivity index (χ1n) is 7.53. The Morgan fingerprint density at radius 3 is 2.53 bits per heavy atom. The van der Waals surface area contributed by atoms with Crippen LogP contribution in [0.2, 0.25) is 0 Å². The highest BCUT2D eigenvalue weighted by Gasteiger charge is 2.39. The summed E-state index contributed by atoms with van der Waals surface area (Å²) in [5.41, 5.74) is 2.43. The molecule has 0 aromatic heterocycles. The second kappa shape index (κ2) is 5.30. The highest BCUT2D eigenvalue weighted by Crippen LogP contribution is 2.45. The molecular formula is C17H21NO. The fourth-order valence-corrected chi connectivity index (χ4v) is 3.58. The van der Waals surface area contributed by atoms with Crippen LogP contribution < -0.4 is 0 Å². The Hall–Kier alpha value is -1.40. The summed E-state index contributed by atoms with van der Waals surface area (Å²) in [5.74, 6) is 0.714. The van der Waals surface area contributed by atoms with Crippen LogP contribution in [-0.2, 0) is 10.3 Å². The number of isocyanates is 1. The number of nitrogens with zero attached hydrogens (tertiary/aromatic N) is 1. The van der Waals surface area contributed by atoms with Crippen LogP contribution in [0, 0.1) is 0 Å². The molecule has 100 valence electrons. The molecule has 3 rings (SSSR count). The minimum atomic E-state index is -0.244. The van der Waals surface area contributed by atoms with Crippen LogP contribution in [0.5, 0.6) is 0 Å². The van der Waals surface area contributed by atoms with Crippen molar-refractivity contribution in [2.24, 2.45) is 4.99 Å². The number of carbonyl (C=O) groups excluding carboxylic acids is 1. The standard InChI is InChI=1S/C17H21NO/c19-13-18-17(10-5-11-17)16-9-4-8-15(12-16)14-6-2-1-3-7-14/h4,8-9,12,14H,1-3,5-7,10-11H2. The highest BCUT2D eigenvalue weighted by atomic mass is 16.1. The van der Waals surface area contributed by atoms with Crippen molar-refractivity contribution in [3.8, 4) is 0 Å². The molecule has 0 unspecified atom stereocenters. The van der Waals surface area contributed by atoms with Gasteiger partial charge in [-0.2, -0.15) is 4.99 Å². The summed E-state index contributed by atoms with van der Waals surface area (Å²) in [6.45, 7) is 0. The van der Waals surface area contributed by atoms with Gasteiger partial charge in [0.2, 0.25) is 6.08 Å². The summed E-state index contributed by atoms with van der Waals surface area (Å²) in [6.07, 6.45) is 11.7. The quantitative estimate of drug-likeness (QED) is 0.579. The number of hydrogen-bond donors (Lipinski definition) is 0. The first-order valence-corrected chi connectivity index (χ1v) is 7.53. The normalized spacial score (nSPS) is 22.3. The Bertz CT molecular complexity index is 492. The van der Waals surface area contributed by atoms with E-state index < -0.39 is 0 Å². The van der Waals surface area contributed by atoms with Gasteiger partial charge >= 0.3 is 0 Å². The Morgan fingerprint density at radius 1 is 1.11 bits per heavy atom. The average molecular weight is 255 g/mol. The zero-order chi connectivity index (χ0) is 13.1. The van der Waals surface area contributed by atoms with E-state index in [9.17, 15) is 4.79 Å². The minimum Gasteiger partial charge on any atom is -0.211 e. The van der Waals surface area contributed by atoms with E-state index in [1.165, 1.54) is 49.7 Å². The molecule has 2 aliphatic carbocycles. The molecule has 0 N–H and O–H groups in total. The van der Waals surface area contributed by atoms with Gasteiger partial charge in [-0.15, -0.1) is 0 Å². The molecule has 2 saturated carbocycles. The molecule has 0 radical (unpaired) electrons. The van der Waals surface area contributed by atoms with Crippen LogP contribution in [0.1, 0.15) is 68.4 Å². The monoisotopic (exact) mass is 255 g/mol. The third-order valence-electron chi connectivity index (χ3n) is 4.94. The second-order valence-electron chi connectivity index (χ2n) is 6.05. The van der Waals surface area contributed by atoms with Gasteiger partial charge in [0.15, 0.2) is 0 Å². The van der Waals surface area contributed by atoms with Crippen molar-refractivity contribution in [2.45, 2.75) is 62.8 Å². The van der Waals surface area contributed by atoms with Crippen LogP contribution >= 0.6 is 0 Å². The smallest absolute Gasteiger partial charge is 0.211 e. The predicted octanol–water partition coefficient (Wildman–Crippen LogP) is 4.45. The van der Waals surface area contributed by atoms with E-state index in [4.69, 9.17) is 0 Å². The molecule has 0 heterocycles. The maximum atomic E-state index is 10.7. The third kappa shape index (κ3) is 2.37. The van der Waals surface area contributed by atoms with Crippen molar-refractivity contribution in [2.75, 3.05) is 0 Å². The SMILES string of the molecule is O=C=NC1(c2cccc(C3CCCCC3)c2)CCC1. The molecule has 0 saturated heterocycles. The first kappa shape index (κ1) is 12.6. The van der Waals surface area contributed by atoms with Gasteiger partial charge in [0.1, 0.15) is 0 Å². The molecule has 0 aliphatic heterocycles. The fraction of sp³-hybridized carbons (Fsp3) is 0.588. The van der Waals surface area contributed by atoms with Gasteiger partial charge in [-0.25, -0.2) is 4.79 Å². The molecule has 0 atom stereocenters. The zero-order valence-electron chi connectivity index (χ0n) is 11.4. The topological polar surface area (TPSA) is 29.4 Å². The molecule has 2 nitrogen and oxygen atoms in total. The Labute approximate surface area is 114 Å². The minimum absolute atomic E-state index is 0.244. The lowest BCUT2D eigenvalue weighted by Crippen LogP contribution is -2.32. The predicted molar refractivity (Wildman–Crippen MR) is 75.9 cm³/mol. The van der Waals surface area contributed by atoms with Gasteiger partial charge in [-0.3, -0.25) is 0 Å². The molecular weight excluding hydrogens is 234 g/mol. The highest BCUT2D eigenvalue weighted by molar-refractivity contribution is 5.41.